The van der Waals surface area contributed by atoms with Gasteiger partial charge in [-0.05, 0) is 50.9 Å². The predicted octanol–water partition coefficient (Wildman–Crippen LogP) is 2.28. The lowest BCUT2D eigenvalue weighted by Gasteiger charge is -2.33. The summed E-state index contributed by atoms with van der Waals surface area (Å²) in [6.07, 6.45) is 7.70. The quantitative estimate of drug-likeness (QED) is 0.843. The minimum atomic E-state index is -0.130. The van der Waals surface area contributed by atoms with Gasteiger partial charge in [-0.1, -0.05) is 6.42 Å². The second kappa shape index (κ2) is 8.36. The van der Waals surface area contributed by atoms with E-state index in [1.54, 1.807) is 6.26 Å². The summed E-state index contributed by atoms with van der Waals surface area (Å²) < 4.78 is 11.1. The second-order valence-corrected chi connectivity index (χ2v) is 6.35. The van der Waals surface area contributed by atoms with Gasteiger partial charge in [0.1, 0.15) is 5.76 Å². The highest BCUT2D eigenvalue weighted by atomic mass is 16.5. The molecule has 2 atom stereocenters. The molecule has 2 N–H and O–H groups in total. The number of furan rings is 1. The molecule has 0 saturated carbocycles. The zero-order valence-corrected chi connectivity index (χ0v) is 13.6. The fraction of sp³-hybridized carbons (Fsp3) is 0.706. The van der Waals surface area contributed by atoms with Crippen LogP contribution in [0.15, 0.2) is 22.8 Å². The molecule has 23 heavy (non-hydrogen) atoms. The fourth-order valence-corrected chi connectivity index (χ4v) is 3.38. The average molecular weight is 321 g/mol. The average Bonchev–Trinajstić information content (AvgIpc) is 3.28. The zero-order valence-electron chi connectivity index (χ0n) is 13.6. The summed E-state index contributed by atoms with van der Waals surface area (Å²) in [6.45, 7) is 4.07. The van der Waals surface area contributed by atoms with E-state index in [2.05, 4.69) is 15.5 Å². The van der Waals surface area contributed by atoms with E-state index < -0.39 is 0 Å². The molecule has 3 heterocycles. The molecule has 2 saturated heterocycles. The number of urea groups is 1. The molecule has 2 aliphatic heterocycles. The molecule has 1 aromatic heterocycles. The summed E-state index contributed by atoms with van der Waals surface area (Å²) in [4.78, 5) is 14.4. The third-order valence-corrected chi connectivity index (χ3v) is 4.67. The van der Waals surface area contributed by atoms with Crippen LogP contribution in [0.1, 0.15) is 43.9 Å². The van der Waals surface area contributed by atoms with Gasteiger partial charge in [-0.25, -0.2) is 4.79 Å². The van der Waals surface area contributed by atoms with Crippen LogP contribution < -0.4 is 10.6 Å². The lowest BCUT2D eigenvalue weighted by atomic mass is 10.1. The first-order valence-electron chi connectivity index (χ1n) is 8.73. The Labute approximate surface area is 137 Å². The molecule has 0 aromatic carbocycles. The number of carbonyl (C=O) groups is 1. The molecule has 0 radical (unpaired) electrons. The third kappa shape index (κ3) is 4.72. The Morgan fingerprint density at radius 1 is 1.26 bits per heavy atom. The molecule has 0 spiro atoms. The van der Waals surface area contributed by atoms with Gasteiger partial charge >= 0.3 is 6.03 Å². The van der Waals surface area contributed by atoms with Crippen LogP contribution in [0.5, 0.6) is 0 Å². The van der Waals surface area contributed by atoms with Gasteiger partial charge in [0.15, 0.2) is 0 Å². The monoisotopic (exact) mass is 321 g/mol. The van der Waals surface area contributed by atoms with E-state index in [0.29, 0.717) is 13.1 Å². The van der Waals surface area contributed by atoms with Gasteiger partial charge in [0.25, 0.3) is 0 Å². The number of carbonyl (C=O) groups excluding carboxylic acids is 1. The van der Waals surface area contributed by atoms with Crippen molar-refractivity contribution in [2.75, 3.05) is 32.8 Å². The molecular formula is C17H27N3O3. The van der Waals surface area contributed by atoms with Crippen LogP contribution >= 0.6 is 0 Å². The van der Waals surface area contributed by atoms with Crippen LogP contribution in [0.25, 0.3) is 0 Å². The van der Waals surface area contributed by atoms with Crippen molar-refractivity contribution in [1.82, 2.24) is 15.5 Å². The van der Waals surface area contributed by atoms with Crippen molar-refractivity contribution in [2.24, 2.45) is 0 Å². The Morgan fingerprint density at radius 3 is 2.83 bits per heavy atom. The number of hydrogen-bond donors (Lipinski definition) is 2. The lowest BCUT2D eigenvalue weighted by Crippen LogP contribution is -2.45. The van der Waals surface area contributed by atoms with Crippen LogP contribution in [0, 0.1) is 0 Å². The molecule has 2 fully saturated rings. The Bertz CT molecular complexity index is 465. The second-order valence-electron chi connectivity index (χ2n) is 6.35. The highest BCUT2D eigenvalue weighted by molar-refractivity contribution is 5.73. The largest absolute Gasteiger partial charge is 0.468 e. The Hall–Kier alpha value is -1.53. The molecular weight excluding hydrogens is 294 g/mol. The summed E-state index contributed by atoms with van der Waals surface area (Å²) in [5.74, 6) is 0.923. The molecule has 6 nitrogen and oxygen atoms in total. The van der Waals surface area contributed by atoms with Crippen molar-refractivity contribution in [2.45, 2.75) is 44.2 Å². The molecule has 0 aliphatic carbocycles. The summed E-state index contributed by atoms with van der Waals surface area (Å²) in [7, 11) is 0. The zero-order chi connectivity index (χ0) is 15.9. The van der Waals surface area contributed by atoms with E-state index >= 15 is 0 Å². The first kappa shape index (κ1) is 16.3. The van der Waals surface area contributed by atoms with Crippen molar-refractivity contribution in [1.29, 1.82) is 0 Å². The number of piperidine rings is 1. The molecule has 3 rings (SSSR count). The van der Waals surface area contributed by atoms with Crippen molar-refractivity contribution in [3.05, 3.63) is 24.2 Å². The van der Waals surface area contributed by atoms with Crippen molar-refractivity contribution in [3.63, 3.8) is 0 Å². The molecule has 2 aliphatic rings. The maximum atomic E-state index is 12.0. The van der Waals surface area contributed by atoms with Gasteiger partial charge in [-0.15, -0.1) is 0 Å². The topological polar surface area (TPSA) is 66.7 Å². The number of nitrogens with zero attached hydrogens (tertiary/aromatic N) is 1. The fourth-order valence-electron chi connectivity index (χ4n) is 3.38. The number of likely N-dealkylation sites (tertiary alicyclic amines) is 1. The molecule has 0 bridgehead atoms. The Kier molecular flexibility index (Phi) is 5.93. The van der Waals surface area contributed by atoms with Gasteiger partial charge in [0.05, 0.1) is 18.4 Å². The Morgan fingerprint density at radius 2 is 2.13 bits per heavy atom. The summed E-state index contributed by atoms with van der Waals surface area (Å²) in [6, 6.07) is 3.88. The van der Waals surface area contributed by atoms with Gasteiger partial charge in [0, 0.05) is 19.7 Å². The van der Waals surface area contributed by atoms with Crippen LogP contribution in [0.2, 0.25) is 0 Å². The van der Waals surface area contributed by atoms with E-state index in [-0.39, 0.29) is 18.2 Å². The minimum Gasteiger partial charge on any atom is -0.468 e. The smallest absolute Gasteiger partial charge is 0.314 e. The number of amides is 2. The van der Waals surface area contributed by atoms with Crippen molar-refractivity contribution < 1.29 is 13.9 Å². The highest BCUT2D eigenvalue weighted by Gasteiger charge is 2.25. The first-order chi connectivity index (χ1) is 11.3. The van der Waals surface area contributed by atoms with Crippen LogP contribution in [-0.4, -0.2) is 49.8 Å². The van der Waals surface area contributed by atoms with Gasteiger partial charge in [-0.2, -0.15) is 0 Å². The SMILES string of the molecule is O=C(NC[C@@H]1CCCO1)NC[C@@H](c1ccco1)N1CCCCC1. The minimum absolute atomic E-state index is 0.110. The van der Waals surface area contributed by atoms with E-state index in [4.69, 9.17) is 9.15 Å². The first-order valence-corrected chi connectivity index (χ1v) is 8.73. The van der Waals surface area contributed by atoms with Crippen molar-refractivity contribution in [3.8, 4) is 0 Å². The summed E-state index contributed by atoms with van der Waals surface area (Å²) >= 11 is 0. The van der Waals surface area contributed by atoms with Gasteiger partial charge < -0.3 is 19.8 Å². The van der Waals surface area contributed by atoms with Crippen molar-refractivity contribution >= 4 is 6.03 Å². The number of ether oxygens (including phenoxy) is 1. The van der Waals surface area contributed by atoms with Crippen LogP contribution in [0.3, 0.4) is 0 Å². The van der Waals surface area contributed by atoms with E-state index in [9.17, 15) is 4.79 Å². The summed E-state index contributed by atoms with van der Waals surface area (Å²) in [5, 5.41) is 5.89. The number of nitrogens with one attached hydrogen (secondary N) is 2. The molecule has 128 valence electrons. The van der Waals surface area contributed by atoms with Crippen LogP contribution in [0.4, 0.5) is 4.79 Å². The molecule has 2 amide bonds. The summed E-state index contributed by atoms with van der Waals surface area (Å²) in [5.41, 5.74) is 0. The Balaban J connectivity index is 1.48. The lowest BCUT2D eigenvalue weighted by molar-refractivity contribution is 0.110. The number of hydrogen-bond acceptors (Lipinski definition) is 4. The normalized spacial score (nSPS) is 23.6. The third-order valence-electron chi connectivity index (χ3n) is 4.67. The molecule has 1 aromatic rings. The maximum Gasteiger partial charge on any atom is 0.314 e. The van der Waals surface area contributed by atoms with E-state index in [1.807, 2.05) is 12.1 Å². The van der Waals surface area contributed by atoms with E-state index in [0.717, 1.165) is 38.3 Å². The van der Waals surface area contributed by atoms with Gasteiger partial charge in [0.2, 0.25) is 0 Å². The molecule has 0 unspecified atom stereocenters. The van der Waals surface area contributed by atoms with Crippen LogP contribution in [-0.2, 0) is 4.74 Å². The van der Waals surface area contributed by atoms with E-state index in [1.165, 1.54) is 19.3 Å². The van der Waals surface area contributed by atoms with Gasteiger partial charge in [-0.3, -0.25) is 4.90 Å². The standard InChI is InChI=1S/C17H27N3O3/c21-17(18-12-14-6-4-10-22-14)19-13-15(16-7-5-11-23-16)20-8-2-1-3-9-20/h5,7,11,14-15H,1-4,6,8-10,12-13H2,(H2,18,19,21)/t14-,15-/m0/s1. The predicted molar refractivity (Wildman–Crippen MR) is 87.2 cm³/mol. The number of rotatable bonds is 6. The maximum absolute atomic E-state index is 12.0. The molecule has 6 heteroatoms. The highest BCUT2D eigenvalue weighted by Crippen LogP contribution is 2.24.